The third-order valence-corrected chi connectivity index (χ3v) is 4.23. The third kappa shape index (κ3) is 4.76. The smallest absolute Gasteiger partial charge is 0.259 e. The lowest BCUT2D eigenvalue weighted by molar-refractivity contribution is -0.130. The molecule has 142 valence electrons. The molecule has 0 saturated heterocycles. The molecule has 5 heteroatoms. The molecule has 0 aliphatic heterocycles. The van der Waals surface area contributed by atoms with Gasteiger partial charge in [0.05, 0.1) is 0 Å². The zero-order valence-electron chi connectivity index (χ0n) is 15.9. The van der Waals surface area contributed by atoms with Gasteiger partial charge >= 0.3 is 0 Å². The molecule has 0 aromatic heterocycles. The molecular weight excluding hydrogens is 352 g/mol. The first kappa shape index (κ1) is 19.2. The zero-order valence-corrected chi connectivity index (χ0v) is 15.9. The average molecular weight is 374 g/mol. The van der Waals surface area contributed by atoms with Gasteiger partial charge in [-0.25, -0.2) is 0 Å². The average Bonchev–Trinajstić information content (AvgIpc) is 2.73. The van der Waals surface area contributed by atoms with Gasteiger partial charge < -0.3 is 15.0 Å². The minimum atomic E-state index is -0.184. The number of nitrogens with one attached hydrogen (secondary N) is 1. The van der Waals surface area contributed by atoms with E-state index >= 15 is 0 Å². The van der Waals surface area contributed by atoms with Crippen LogP contribution in [0.5, 0.6) is 5.75 Å². The van der Waals surface area contributed by atoms with E-state index in [1.807, 2.05) is 54.6 Å². The zero-order chi connectivity index (χ0) is 19.9. The fourth-order valence-electron chi connectivity index (χ4n) is 2.66. The van der Waals surface area contributed by atoms with Crippen molar-refractivity contribution in [2.45, 2.75) is 0 Å². The van der Waals surface area contributed by atoms with Crippen LogP contribution in [-0.4, -0.2) is 37.4 Å². The van der Waals surface area contributed by atoms with E-state index in [2.05, 4.69) is 5.32 Å². The molecule has 3 aromatic rings. The fraction of sp³-hybridized carbons (Fsp3) is 0.130. The van der Waals surface area contributed by atoms with Gasteiger partial charge in [-0.2, -0.15) is 0 Å². The summed E-state index contributed by atoms with van der Waals surface area (Å²) in [6.45, 7) is -0.0246. The van der Waals surface area contributed by atoms with E-state index in [0.717, 1.165) is 11.1 Å². The van der Waals surface area contributed by atoms with Crippen molar-refractivity contribution in [3.05, 3.63) is 84.4 Å². The van der Waals surface area contributed by atoms with Gasteiger partial charge in [-0.05, 0) is 41.5 Å². The predicted molar refractivity (Wildman–Crippen MR) is 110 cm³/mol. The monoisotopic (exact) mass is 374 g/mol. The van der Waals surface area contributed by atoms with Crippen molar-refractivity contribution < 1.29 is 14.3 Å². The predicted octanol–water partition coefficient (Wildman–Crippen LogP) is 4.07. The van der Waals surface area contributed by atoms with Crippen LogP contribution in [0.4, 0.5) is 5.69 Å². The molecule has 5 nitrogen and oxygen atoms in total. The van der Waals surface area contributed by atoms with Gasteiger partial charge in [-0.3, -0.25) is 9.59 Å². The topological polar surface area (TPSA) is 58.6 Å². The first-order chi connectivity index (χ1) is 13.5. The molecule has 3 rings (SSSR count). The molecule has 0 fully saturated rings. The first-order valence-electron chi connectivity index (χ1n) is 8.93. The lowest BCUT2D eigenvalue weighted by Crippen LogP contribution is -2.27. The standard InChI is InChI=1S/C23H22N2O3/c1-25(2)22(26)16-28-19-14-12-18(13-15-19)24-23(27)21-11-7-6-10-20(21)17-8-4-3-5-9-17/h3-15H,16H2,1-2H3,(H,24,27). The van der Waals surface area contributed by atoms with Gasteiger partial charge in [-0.15, -0.1) is 0 Å². The summed E-state index contributed by atoms with van der Waals surface area (Å²) in [5.74, 6) is 0.267. The van der Waals surface area contributed by atoms with Crippen LogP contribution >= 0.6 is 0 Å². The highest BCUT2D eigenvalue weighted by molar-refractivity contribution is 6.08. The van der Waals surface area contributed by atoms with E-state index in [-0.39, 0.29) is 18.4 Å². The van der Waals surface area contributed by atoms with Gasteiger partial charge in [0.15, 0.2) is 6.61 Å². The normalized spacial score (nSPS) is 10.2. The van der Waals surface area contributed by atoms with Crippen molar-refractivity contribution >= 4 is 17.5 Å². The number of nitrogens with zero attached hydrogens (tertiary/aromatic N) is 1. The number of hydrogen-bond donors (Lipinski definition) is 1. The number of likely N-dealkylation sites (N-methyl/N-ethyl adjacent to an activating group) is 1. The molecule has 0 atom stereocenters. The molecule has 28 heavy (non-hydrogen) atoms. The molecule has 0 heterocycles. The van der Waals surface area contributed by atoms with Crippen molar-refractivity contribution in [2.75, 3.05) is 26.0 Å². The summed E-state index contributed by atoms with van der Waals surface area (Å²) in [5, 5.41) is 2.91. The molecule has 0 aliphatic rings. The minimum Gasteiger partial charge on any atom is -0.484 e. The van der Waals surface area contributed by atoms with E-state index in [4.69, 9.17) is 4.74 Å². The number of anilines is 1. The van der Waals surface area contributed by atoms with Crippen LogP contribution in [0.2, 0.25) is 0 Å². The summed E-state index contributed by atoms with van der Waals surface area (Å²) >= 11 is 0. The Labute approximate surface area is 164 Å². The Morgan fingerprint density at radius 1 is 0.857 bits per heavy atom. The van der Waals surface area contributed by atoms with Crippen LogP contribution in [0.3, 0.4) is 0 Å². The highest BCUT2D eigenvalue weighted by Gasteiger charge is 2.12. The van der Waals surface area contributed by atoms with E-state index in [1.54, 1.807) is 38.4 Å². The molecule has 0 radical (unpaired) electrons. The minimum absolute atomic E-state index is 0.0246. The second-order valence-electron chi connectivity index (χ2n) is 6.47. The van der Waals surface area contributed by atoms with E-state index in [9.17, 15) is 9.59 Å². The lowest BCUT2D eigenvalue weighted by atomic mass is 9.99. The lowest BCUT2D eigenvalue weighted by Gasteiger charge is -2.12. The Hall–Kier alpha value is -3.60. The van der Waals surface area contributed by atoms with E-state index < -0.39 is 0 Å². The van der Waals surface area contributed by atoms with Crippen LogP contribution in [0.25, 0.3) is 11.1 Å². The van der Waals surface area contributed by atoms with Crippen LogP contribution in [0.15, 0.2) is 78.9 Å². The van der Waals surface area contributed by atoms with E-state index in [0.29, 0.717) is 17.0 Å². The SMILES string of the molecule is CN(C)C(=O)COc1ccc(NC(=O)c2ccccc2-c2ccccc2)cc1. The Kier molecular flexibility index (Phi) is 6.07. The first-order valence-corrected chi connectivity index (χ1v) is 8.93. The summed E-state index contributed by atoms with van der Waals surface area (Å²) < 4.78 is 5.45. The van der Waals surface area contributed by atoms with Gasteiger partial charge in [0, 0.05) is 25.3 Å². The van der Waals surface area contributed by atoms with Crippen molar-refractivity contribution in [3.63, 3.8) is 0 Å². The number of carbonyl (C=O) groups is 2. The number of rotatable bonds is 6. The Morgan fingerprint density at radius 2 is 1.50 bits per heavy atom. The van der Waals surface area contributed by atoms with Crippen molar-refractivity contribution in [1.29, 1.82) is 0 Å². The number of benzene rings is 3. The van der Waals surface area contributed by atoms with Crippen LogP contribution < -0.4 is 10.1 Å². The summed E-state index contributed by atoms with van der Waals surface area (Å²) in [6.07, 6.45) is 0. The molecule has 2 amide bonds. The van der Waals surface area contributed by atoms with Crippen molar-refractivity contribution in [2.24, 2.45) is 0 Å². The van der Waals surface area contributed by atoms with Gasteiger partial charge in [0.2, 0.25) is 0 Å². The van der Waals surface area contributed by atoms with Gasteiger partial charge in [0.25, 0.3) is 11.8 Å². The number of ether oxygens (including phenoxy) is 1. The molecule has 0 spiro atoms. The Bertz CT molecular complexity index is 951. The Morgan fingerprint density at radius 3 is 2.18 bits per heavy atom. The van der Waals surface area contributed by atoms with Crippen molar-refractivity contribution in [1.82, 2.24) is 4.90 Å². The van der Waals surface area contributed by atoms with Gasteiger partial charge in [-0.1, -0.05) is 48.5 Å². The molecule has 0 aliphatic carbocycles. The third-order valence-electron chi connectivity index (χ3n) is 4.23. The summed E-state index contributed by atoms with van der Waals surface area (Å²) in [6, 6.07) is 24.3. The van der Waals surface area contributed by atoms with E-state index in [1.165, 1.54) is 4.90 Å². The quantitative estimate of drug-likeness (QED) is 0.707. The maximum Gasteiger partial charge on any atom is 0.259 e. The highest BCUT2D eigenvalue weighted by Crippen LogP contribution is 2.24. The Balaban J connectivity index is 1.70. The molecular formula is C23H22N2O3. The number of hydrogen-bond acceptors (Lipinski definition) is 3. The molecule has 0 unspecified atom stereocenters. The second-order valence-corrected chi connectivity index (χ2v) is 6.47. The summed E-state index contributed by atoms with van der Waals surface area (Å²) in [4.78, 5) is 25.8. The maximum atomic E-state index is 12.8. The van der Waals surface area contributed by atoms with Gasteiger partial charge in [0.1, 0.15) is 5.75 Å². The summed E-state index contributed by atoms with van der Waals surface area (Å²) in [5.41, 5.74) is 3.12. The number of amides is 2. The molecule has 0 saturated carbocycles. The van der Waals surface area contributed by atoms with Crippen LogP contribution in [0.1, 0.15) is 10.4 Å². The van der Waals surface area contributed by atoms with Crippen molar-refractivity contribution in [3.8, 4) is 16.9 Å². The molecule has 3 aromatic carbocycles. The maximum absolute atomic E-state index is 12.8. The number of carbonyl (C=O) groups excluding carboxylic acids is 2. The summed E-state index contributed by atoms with van der Waals surface area (Å²) in [7, 11) is 3.36. The molecule has 1 N–H and O–H groups in total. The van der Waals surface area contributed by atoms with Crippen LogP contribution in [0, 0.1) is 0 Å². The molecule has 0 bridgehead atoms. The highest BCUT2D eigenvalue weighted by atomic mass is 16.5. The largest absolute Gasteiger partial charge is 0.484 e. The van der Waals surface area contributed by atoms with Crippen LogP contribution in [-0.2, 0) is 4.79 Å². The second kappa shape index (κ2) is 8.86. The fourth-order valence-corrected chi connectivity index (χ4v) is 2.66.